The number of thiazole rings is 1. The van der Waals surface area contributed by atoms with E-state index >= 15 is 0 Å². The first-order valence-corrected chi connectivity index (χ1v) is 20.1. The van der Waals surface area contributed by atoms with Gasteiger partial charge in [-0.05, 0) is 43.6 Å². The van der Waals surface area contributed by atoms with Gasteiger partial charge in [-0.3, -0.25) is 0 Å². The van der Waals surface area contributed by atoms with Gasteiger partial charge in [-0.25, -0.2) is 9.97 Å². The fourth-order valence-electron chi connectivity index (χ4n) is 3.61. The second-order valence-corrected chi connectivity index (χ2v) is 19.0. The van der Waals surface area contributed by atoms with E-state index in [1.165, 1.54) is 38.7 Å². The van der Waals surface area contributed by atoms with Crippen molar-refractivity contribution in [1.82, 2.24) is 34.7 Å². The highest BCUT2D eigenvalue weighted by Crippen LogP contribution is 2.26. The van der Waals surface area contributed by atoms with Gasteiger partial charge in [0.25, 0.3) is 0 Å². The first-order chi connectivity index (χ1) is 22.1. The summed E-state index contributed by atoms with van der Waals surface area (Å²) in [6.07, 6.45) is 8.67. The molecule has 0 saturated carbocycles. The number of hydrogen-bond acceptors (Lipinski definition) is 11. The van der Waals surface area contributed by atoms with Gasteiger partial charge in [-0.15, -0.1) is 32.9 Å². The Kier molecular flexibility index (Phi) is 18.2. The third-order valence-corrected chi connectivity index (χ3v) is 9.65. The van der Waals surface area contributed by atoms with Crippen molar-refractivity contribution in [3.05, 3.63) is 48.6 Å². The molecule has 0 radical (unpaired) electrons. The Balaban J connectivity index is 0.000000320. The quantitative estimate of drug-likeness (QED) is 0.177. The van der Waals surface area contributed by atoms with Gasteiger partial charge in [0.2, 0.25) is 5.89 Å². The predicted octanol–water partition coefficient (Wildman–Crippen LogP) is 11.3. The molecule has 0 atom stereocenters. The molecule has 0 bridgehead atoms. The summed E-state index contributed by atoms with van der Waals surface area (Å²) >= 11 is 5.07. The van der Waals surface area contributed by atoms with Crippen LogP contribution in [-0.4, -0.2) is 34.7 Å². The van der Waals surface area contributed by atoms with E-state index in [1.807, 2.05) is 0 Å². The summed E-state index contributed by atoms with van der Waals surface area (Å²) in [6, 6.07) is 0. The second-order valence-electron chi connectivity index (χ2n) is 16.2. The molecule has 8 nitrogen and oxygen atoms in total. The van der Waals surface area contributed by atoms with Crippen molar-refractivity contribution in [2.75, 3.05) is 0 Å². The zero-order valence-corrected chi connectivity index (χ0v) is 35.4. The molecule has 4 rings (SSSR count). The topological polar surface area (TPSA) is 103 Å². The van der Waals surface area contributed by atoms with E-state index < -0.39 is 0 Å². The number of rotatable bonds is 8. The Hall–Kier alpha value is -2.11. The Morgan fingerprint density at radius 3 is 1.52 bits per heavy atom. The average Bonchev–Trinajstić information content (AvgIpc) is 3.76. The number of aryl methyl sites for hydroxylation is 4. The van der Waals surface area contributed by atoms with Crippen molar-refractivity contribution in [3.63, 3.8) is 0 Å². The lowest BCUT2D eigenvalue weighted by Gasteiger charge is -2.14. The number of nitrogens with zero attached hydrogens (tertiary/aromatic N) is 7. The highest BCUT2D eigenvalue weighted by Gasteiger charge is 2.21. The minimum absolute atomic E-state index is 0.00447. The van der Waals surface area contributed by atoms with Gasteiger partial charge in [0.05, 0.1) is 10.7 Å². The lowest BCUT2D eigenvalue weighted by atomic mass is 9.93. The smallest absolute Gasteiger partial charge is 0.226 e. The Morgan fingerprint density at radius 2 is 1.10 bits per heavy atom. The summed E-state index contributed by atoms with van der Waals surface area (Å²) in [5, 5.41) is 19.2. The summed E-state index contributed by atoms with van der Waals surface area (Å²) in [5.74, 6) is 2.53. The molecule has 0 spiro atoms. The SMILES string of the molecule is CCCc1nc(C(C)(C)C)cs1.CCCc1nc(C(C)(C)C)no1.CCCc1nc(C(C)(C)C)ns1.CCCc1nnc(C(C)(C)C)s1. The highest BCUT2D eigenvalue weighted by molar-refractivity contribution is 7.11. The van der Waals surface area contributed by atoms with E-state index in [-0.39, 0.29) is 21.7 Å². The third-order valence-electron chi connectivity index (χ3n) is 6.56. The molecule has 0 saturated heterocycles. The highest BCUT2D eigenvalue weighted by atomic mass is 32.1. The molecule has 0 aromatic carbocycles. The van der Waals surface area contributed by atoms with Gasteiger partial charge in [0, 0.05) is 46.3 Å². The largest absolute Gasteiger partial charge is 0.339 e. The fourth-order valence-corrected chi connectivity index (χ4v) is 6.66. The lowest BCUT2D eigenvalue weighted by molar-refractivity contribution is 0.362. The maximum atomic E-state index is 5.07. The molecule has 0 aliphatic rings. The van der Waals surface area contributed by atoms with Crippen molar-refractivity contribution < 1.29 is 4.52 Å². The van der Waals surface area contributed by atoms with Crippen LogP contribution in [0.3, 0.4) is 0 Å². The van der Waals surface area contributed by atoms with E-state index in [4.69, 9.17) is 4.52 Å². The van der Waals surface area contributed by atoms with Gasteiger partial charge >= 0.3 is 0 Å². The molecular formula is C37H65N7OS3. The molecule has 272 valence electrons. The Bertz CT molecular complexity index is 1210. The fraction of sp³-hybridized carbons (Fsp3) is 0.757. The predicted molar refractivity (Wildman–Crippen MR) is 207 cm³/mol. The third kappa shape index (κ3) is 16.5. The van der Waals surface area contributed by atoms with Crippen LogP contribution in [0, 0.1) is 0 Å². The van der Waals surface area contributed by atoms with Crippen molar-refractivity contribution in [3.8, 4) is 0 Å². The van der Waals surface area contributed by atoms with Gasteiger partial charge in [-0.2, -0.15) is 9.36 Å². The van der Waals surface area contributed by atoms with Crippen molar-refractivity contribution in [2.45, 2.75) is 184 Å². The van der Waals surface area contributed by atoms with Gasteiger partial charge in [-0.1, -0.05) is 116 Å². The van der Waals surface area contributed by atoms with Crippen LogP contribution in [0.15, 0.2) is 9.90 Å². The second kappa shape index (κ2) is 19.9. The summed E-state index contributed by atoms with van der Waals surface area (Å²) in [4.78, 5) is 13.4. The normalized spacial score (nSPS) is 12.0. The first kappa shape index (κ1) is 43.9. The standard InChI is InChI=1S/C10H17NS.C9H16N2O.2C9H16N2S/c1-5-6-9-11-8(7-12-9)10(2,3)4;1-5-6-7-10-8(11-12-7)9(2,3)4;1-5-6-7-10-11-8(12-7)9(2,3)4;1-5-6-7-10-8(11-12-7)9(2,3)4/h7H,5-6H2,1-4H3;3*5-6H2,1-4H3. The molecule has 4 aromatic rings. The van der Waals surface area contributed by atoms with Crippen LogP contribution in [0.1, 0.15) is 180 Å². The minimum Gasteiger partial charge on any atom is -0.339 e. The van der Waals surface area contributed by atoms with E-state index in [0.29, 0.717) is 0 Å². The van der Waals surface area contributed by atoms with E-state index in [9.17, 15) is 0 Å². The van der Waals surface area contributed by atoms with Crippen molar-refractivity contribution in [1.29, 1.82) is 0 Å². The molecule has 0 aliphatic heterocycles. The summed E-state index contributed by atoms with van der Waals surface area (Å²) in [6.45, 7) is 34.4. The zero-order chi connectivity index (χ0) is 36.8. The summed E-state index contributed by atoms with van der Waals surface area (Å²) < 4.78 is 9.41. The number of hydrogen-bond donors (Lipinski definition) is 0. The Morgan fingerprint density at radius 1 is 0.562 bits per heavy atom. The molecule has 4 aromatic heterocycles. The molecule has 11 heteroatoms. The lowest BCUT2D eigenvalue weighted by Crippen LogP contribution is -2.13. The zero-order valence-electron chi connectivity index (χ0n) is 33.0. The molecule has 0 unspecified atom stereocenters. The van der Waals surface area contributed by atoms with Crippen LogP contribution in [0.5, 0.6) is 0 Å². The monoisotopic (exact) mass is 719 g/mol. The Labute approximate surface area is 304 Å². The molecule has 0 amide bonds. The maximum Gasteiger partial charge on any atom is 0.226 e. The molecule has 0 fully saturated rings. The van der Waals surface area contributed by atoms with Crippen LogP contribution in [0.25, 0.3) is 0 Å². The van der Waals surface area contributed by atoms with E-state index in [1.54, 1.807) is 22.7 Å². The van der Waals surface area contributed by atoms with Crippen LogP contribution in [-0.2, 0) is 47.3 Å². The summed E-state index contributed by atoms with van der Waals surface area (Å²) in [5.41, 5.74) is 1.69. The van der Waals surface area contributed by atoms with Crippen LogP contribution < -0.4 is 0 Å². The van der Waals surface area contributed by atoms with Crippen molar-refractivity contribution >= 4 is 34.2 Å². The maximum absolute atomic E-state index is 5.07. The first-order valence-electron chi connectivity index (χ1n) is 17.6. The van der Waals surface area contributed by atoms with Crippen LogP contribution in [0.2, 0.25) is 0 Å². The molecule has 0 N–H and O–H groups in total. The van der Waals surface area contributed by atoms with Crippen LogP contribution in [0.4, 0.5) is 0 Å². The summed E-state index contributed by atoms with van der Waals surface area (Å²) in [7, 11) is 0. The van der Waals surface area contributed by atoms with Gasteiger partial charge in [0.1, 0.15) is 20.8 Å². The number of aromatic nitrogens is 7. The van der Waals surface area contributed by atoms with Crippen LogP contribution >= 0.6 is 34.2 Å². The van der Waals surface area contributed by atoms with Crippen molar-refractivity contribution in [2.24, 2.45) is 0 Å². The van der Waals surface area contributed by atoms with Gasteiger partial charge < -0.3 is 4.52 Å². The van der Waals surface area contributed by atoms with E-state index in [0.717, 1.165) is 67.5 Å². The molecule has 0 aliphatic carbocycles. The molecule has 4 heterocycles. The minimum atomic E-state index is -0.00447. The molecular weight excluding hydrogens is 655 g/mol. The average molecular weight is 720 g/mol. The molecule has 48 heavy (non-hydrogen) atoms. The van der Waals surface area contributed by atoms with Gasteiger partial charge in [0.15, 0.2) is 5.82 Å². The van der Waals surface area contributed by atoms with E-state index in [2.05, 4.69) is 151 Å².